The largest absolute Gasteiger partial charge is 0.394 e. The normalized spacial score (nSPS) is 29.1. The second kappa shape index (κ2) is 5.29. The lowest BCUT2D eigenvalue weighted by Gasteiger charge is -2.17. The Morgan fingerprint density at radius 1 is 1.48 bits per heavy atom. The average Bonchev–Trinajstić information content (AvgIpc) is 3.02. The van der Waals surface area contributed by atoms with Gasteiger partial charge >= 0.3 is 0 Å². The third-order valence-electron chi connectivity index (χ3n) is 3.37. The summed E-state index contributed by atoms with van der Waals surface area (Å²) in [5.41, 5.74) is 3.17. The first kappa shape index (κ1) is 14.3. The van der Waals surface area contributed by atoms with Gasteiger partial charge in [-0.3, -0.25) is 9.99 Å². The minimum atomic E-state index is -1.22. The Bertz CT molecular complexity index is 717. The van der Waals surface area contributed by atoms with Crippen molar-refractivity contribution in [2.45, 2.75) is 24.5 Å². The minimum Gasteiger partial charge on any atom is -0.394 e. The summed E-state index contributed by atoms with van der Waals surface area (Å²) in [5.74, 6) is 5.52. The fraction of sp³-hybridized carbons (Fsp3) is 0.500. The number of aliphatic hydroxyl groups is 3. The Hall–Kier alpha value is -1.63. The van der Waals surface area contributed by atoms with Crippen molar-refractivity contribution < 1.29 is 20.1 Å². The molecule has 2 aromatic rings. The van der Waals surface area contributed by atoms with Crippen LogP contribution in [0, 0.1) is 4.64 Å². The summed E-state index contributed by atoms with van der Waals surface area (Å²) >= 11 is 5.10. The zero-order valence-electron chi connectivity index (χ0n) is 10.7. The molecule has 0 amide bonds. The Balaban J connectivity index is 2.09. The van der Waals surface area contributed by atoms with Crippen molar-refractivity contribution in [2.24, 2.45) is 5.84 Å². The molecule has 0 saturated carbocycles. The lowest BCUT2D eigenvalue weighted by atomic mass is 10.1. The number of fused-ring (bicyclic) bond motifs is 1. The first-order chi connectivity index (χ1) is 10.1. The number of nitrogens with two attached hydrogens (primary N) is 1. The Labute approximate surface area is 123 Å². The van der Waals surface area contributed by atoms with E-state index in [2.05, 4.69) is 20.4 Å². The van der Waals surface area contributed by atoms with Crippen molar-refractivity contribution in [3.05, 3.63) is 11.0 Å². The maximum absolute atomic E-state index is 10.1. The molecule has 2 unspecified atom stereocenters. The molecular formula is C10H14N6O4S. The number of aromatic nitrogens is 4. The zero-order chi connectivity index (χ0) is 15.1. The number of rotatable bonds is 3. The van der Waals surface area contributed by atoms with E-state index in [0.717, 1.165) is 0 Å². The highest BCUT2D eigenvalue weighted by atomic mass is 32.1. The zero-order valence-corrected chi connectivity index (χ0v) is 11.5. The quantitative estimate of drug-likeness (QED) is 0.223. The number of ether oxygens (including phenoxy) is 1. The molecule has 1 aliphatic heterocycles. The van der Waals surface area contributed by atoms with Crippen LogP contribution in [0.3, 0.4) is 0 Å². The van der Waals surface area contributed by atoms with Crippen molar-refractivity contribution in [3.8, 4) is 0 Å². The van der Waals surface area contributed by atoms with Gasteiger partial charge in [0.1, 0.15) is 29.5 Å². The van der Waals surface area contributed by atoms with Crippen molar-refractivity contribution in [3.63, 3.8) is 0 Å². The summed E-state index contributed by atoms with van der Waals surface area (Å²) in [4.78, 5) is 11.0. The molecule has 11 heteroatoms. The van der Waals surface area contributed by atoms with Gasteiger partial charge in [-0.1, -0.05) is 12.2 Å². The molecule has 114 valence electrons. The maximum Gasteiger partial charge on any atom is 0.217 e. The second-order valence-electron chi connectivity index (χ2n) is 4.61. The highest BCUT2D eigenvalue weighted by Crippen LogP contribution is 2.31. The van der Waals surface area contributed by atoms with Crippen molar-refractivity contribution in [2.75, 3.05) is 12.0 Å². The number of aliphatic hydroxyl groups excluding tert-OH is 3. The van der Waals surface area contributed by atoms with E-state index in [1.165, 1.54) is 10.9 Å². The van der Waals surface area contributed by atoms with E-state index < -0.39 is 31.1 Å². The van der Waals surface area contributed by atoms with Crippen LogP contribution in [0.5, 0.6) is 0 Å². The summed E-state index contributed by atoms with van der Waals surface area (Å²) in [6.07, 6.45) is -2.81. The topological polar surface area (TPSA) is 154 Å². The molecular weight excluding hydrogens is 300 g/mol. The van der Waals surface area contributed by atoms with Gasteiger partial charge in [0, 0.05) is 0 Å². The molecule has 0 radical (unpaired) electrons. The number of H-pyrrole nitrogens is 1. The number of aromatic amines is 1. The standard InChI is InChI=1S/C10H14N6O4S/c11-15-10-13-7-4(8(21)14-10)12-2-16(7)9-6(19)5(18)3(1-17)20-9/h2-3,5-6,9,17-19H,1,11H2,(H2,13,14,15,21)/t3-,5?,6?,9-/m1/s1. The van der Waals surface area contributed by atoms with Crippen molar-refractivity contribution in [1.82, 2.24) is 19.5 Å². The minimum absolute atomic E-state index is 0.223. The molecule has 21 heavy (non-hydrogen) atoms. The predicted octanol–water partition coefficient (Wildman–Crippen LogP) is -1.61. The Morgan fingerprint density at radius 2 is 2.24 bits per heavy atom. The van der Waals surface area contributed by atoms with Gasteiger partial charge in [-0.05, 0) is 0 Å². The molecule has 10 nitrogen and oxygen atoms in total. The summed E-state index contributed by atoms with van der Waals surface area (Å²) in [7, 11) is 0. The number of hydrazine groups is 1. The summed E-state index contributed by atoms with van der Waals surface area (Å²) in [5, 5.41) is 29.0. The van der Waals surface area contributed by atoms with E-state index in [1.54, 1.807) is 0 Å². The van der Waals surface area contributed by atoms with E-state index >= 15 is 0 Å². The van der Waals surface area contributed by atoms with Crippen molar-refractivity contribution in [1.29, 1.82) is 0 Å². The SMILES string of the molecule is NNc1nc(=S)c2ncn([C@@H]3O[C@H](CO)C(O)C3O)c2[nH]1. The van der Waals surface area contributed by atoms with Crippen LogP contribution >= 0.6 is 12.2 Å². The first-order valence-corrected chi connectivity index (χ1v) is 6.53. The highest BCUT2D eigenvalue weighted by molar-refractivity contribution is 7.71. The molecule has 0 aromatic carbocycles. The van der Waals surface area contributed by atoms with E-state index in [9.17, 15) is 10.2 Å². The Kier molecular flexibility index (Phi) is 3.61. The molecule has 3 rings (SSSR count). The van der Waals surface area contributed by atoms with Crippen LogP contribution < -0.4 is 11.3 Å². The summed E-state index contributed by atoms with van der Waals surface area (Å²) in [6, 6.07) is 0. The predicted molar refractivity (Wildman–Crippen MR) is 73.5 cm³/mol. The molecule has 0 bridgehead atoms. The number of hydrogen-bond donors (Lipinski definition) is 6. The van der Waals surface area contributed by atoms with Crippen molar-refractivity contribution >= 4 is 29.3 Å². The van der Waals surface area contributed by atoms with Gasteiger partial charge in [0.2, 0.25) is 5.95 Å². The number of nitrogens with zero attached hydrogens (tertiary/aromatic N) is 3. The van der Waals surface area contributed by atoms with Crippen LogP contribution in [-0.4, -0.2) is 59.8 Å². The van der Waals surface area contributed by atoms with E-state index in [4.69, 9.17) is 27.9 Å². The maximum atomic E-state index is 10.1. The highest BCUT2D eigenvalue weighted by Gasteiger charge is 2.43. The fourth-order valence-corrected chi connectivity index (χ4v) is 2.55. The molecule has 2 aromatic heterocycles. The van der Waals surface area contributed by atoms with Crippen LogP contribution in [0.25, 0.3) is 11.2 Å². The summed E-state index contributed by atoms with van der Waals surface area (Å²) in [6.45, 7) is -0.408. The van der Waals surface area contributed by atoms with E-state index in [1.807, 2.05) is 0 Å². The number of nitrogen functional groups attached to an aromatic ring is 1. The van der Waals surface area contributed by atoms with Crippen LogP contribution in [0.4, 0.5) is 5.95 Å². The molecule has 7 N–H and O–H groups in total. The first-order valence-electron chi connectivity index (χ1n) is 6.12. The molecule has 3 heterocycles. The second-order valence-corrected chi connectivity index (χ2v) is 5.00. The third kappa shape index (κ3) is 2.19. The number of hydrogen-bond acceptors (Lipinski definition) is 9. The van der Waals surface area contributed by atoms with Crippen LogP contribution in [0.15, 0.2) is 6.33 Å². The molecule has 1 fully saturated rings. The molecule has 1 saturated heterocycles. The molecule has 0 spiro atoms. The van der Waals surface area contributed by atoms with Gasteiger partial charge in [-0.25, -0.2) is 10.8 Å². The van der Waals surface area contributed by atoms with Gasteiger partial charge in [0.15, 0.2) is 10.9 Å². The van der Waals surface area contributed by atoms with Gasteiger partial charge < -0.3 is 25.0 Å². The number of nitrogens with one attached hydrogen (secondary N) is 2. The lowest BCUT2D eigenvalue weighted by molar-refractivity contribution is -0.0511. The monoisotopic (exact) mass is 314 g/mol. The van der Waals surface area contributed by atoms with Crippen LogP contribution in [0.2, 0.25) is 0 Å². The van der Waals surface area contributed by atoms with E-state index in [0.29, 0.717) is 11.2 Å². The summed E-state index contributed by atoms with van der Waals surface area (Å²) < 4.78 is 7.14. The number of anilines is 1. The molecule has 0 aliphatic carbocycles. The van der Waals surface area contributed by atoms with Crippen LogP contribution in [0.1, 0.15) is 6.23 Å². The Morgan fingerprint density at radius 3 is 2.86 bits per heavy atom. The smallest absolute Gasteiger partial charge is 0.217 e. The lowest BCUT2D eigenvalue weighted by Crippen LogP contribution is -2.33. The van der Waals surface area contributed by atoms with Gasteiger partial charge in [0.05, 0.1) is 12.9 Å². The average molecular weight is 314 g/mol. The molecule has 1 aliphatic rings. The third-order valence-corrected chi connectivity index (χ3v) is 3.66. The van der Waals surface area contributed by atoms with Gasteiger partial charge in [-0.15, -0.1) is 0 Å². The van der Waals surface area contributed by atoms with Gasteiger partial charge in [-0.2, -0.15) is 4.98 Å². The van der Waals surface area contributed by atoms with Crippen LogP contribution in [-0.2, 0) is 4.74 Å². The number of imidazole rings is 1. The molecule has 4 atom stereocenters. The fourth-order valence-electron chi connectivity index (χ4n) is 2.31. The van der Waals surface area contributed by atoms with E-state index in [-0.39, 0.29) is 10.6 Å². The van der Waals surface area contributed by atoms with Gasteiger partial charge in [0.25, 0.3) is 0 Å².